The van der Waals surface area contributed by atoms with Crippen LogP contribution >= 0.6 is 0 Å². The lowest BCUT2D eigenvalue weighted by Gasteiger charge is -2.34. The van der Waals surface area contributed by atoms with Crippen LogP contribution in [0.4, 0.5) is 0 Å². The number of furan rings is 1. The summed E-state index contributed by atoms with van der Waals surface area (Å²) in [6.45, 7) is 3.92. The SMILES string of the molecule is CC1(C)C2CCC1(C(=O)NNC(=O)c1ccco1)C(=O)C2. The Kier molecular flexibility index (Phi) is 2.93. The summed E-state index contributed by atoms with van der Waals surface area (Å²) in [6, 6.07) is 3.08. The molecule has 0 aromatic carbocycles. The predicted molar refractivity (Wildman–Crippen MR) is 72.9 cm³/mol. The second-order valence-corrected chi connectivity index (χ2v) is 6.38. The lowest BCUT2D eigenvalue weighted by atomic mass is 9.68. The molecular formula is C15H18N2O4. The van der Waals surface area contributed by atoms with Gasteiger partial charge in [0.1, 0.15) is 11.2 Å². The van der Waals surface area contributed by atoms with Crippen molar-refractivity contribution in [2.75, 3.05) is 0 Å². The molecule has 6 nitrogen and oxygen atoms in total. The zero-order valence-electron chi connectivity index (χ0n) is 12.1. The van der Waals surface area contributed by atoms with E-state index in [1.165, 1.54) is 12.3 Å². The summed E-state index contributed by atoms with van der Waals surface area (Å²) in [5.41, 5.74) is 3.32. The molecule has 0 saturated heterocycles. The zero-order valence-corrected chi connectivity index (χ0v) is 12.1. The Balaban J connectivity index is 1.74. The van der Waals surface area contributed by atoms with Crippen molar-refractivity contribution in [3.05, 3.63) is 24.2 Å². The standard InChI is InChI=1S/C15H18N2O4/c1-14(2)9-5-6-15(14,11(18)8-9)13(20)17-16-12(19)10-4-3-7-21-10/h3-4,7,9H,5-6,8H2,1-2H3,(H,16,19)(H,17,20). The first-order valence-corrected chi connectivity index (χ1v) is 7.07. The number of carbonyl (C=O) groups is 3. The molecule has 112 valence electrons. The molecule has 0 radical (unpaired) electrons. The quantitative estimate of drug-likeness (QED) is 0.637. The van der Waals surface area contributed by atoms with E-state index in [1.807, 2.05) is 13.8 Å². The van der Waals surface area contributed by atoms with Crippen LogP contribution < -0.4 is 10.9 Å². The van der Waals surface area contributed by atoms with Crippen molar-refractivity contribution in [2.24, 2.45) is 16.7 Å². The van der Waals surface area contributed by atoms with E-state index in [-0.39, 0.29) is 22.9 Å². The fraction of sp³-hybridized carbons (Fsp3) is 0.533. The molecule has 2 saturated carbocycles. The highest BCUT2D eigenvalue weighted by Crippen LogP contribution is 2.63. The van der Waals surface area contributed by atoms with E-state index in [9.17, 15) is 14.4 Å². The average molecular weight is 290 g/mol. The smallest absolute Gasteiger partial charge is 0.305 e. The number of nitrogens with one attached hydrogen (secondary N) is 2. The van der Waals surface area contributed by atoms with Crippen molar-refractivity contribution in [3.63, 3.8) is 0 Å². The normalized spacial score (nSPS) is 29.4. The Bertz CT molecular complexity index is 605. The molecule has 1 heterocycles. The molecule has 2 bridgehead atoms. The first kappa shape index (κ1) is 13.9. The number of hydrogen-bond donors (Lipinski definition) is 2. The van der Waals surface area contributed by atoms with Crippen molar-refractivity contribution in [1.82, 2.24) is 10.9 Å². The zero-order chi connectivity index (χ0) is 15.3. The minimum Gasteiger partial charge on any atom is -0.459 e. The van der Waals surface area contributed by atoms with Crippen LogP contribution in [0.25, 0.3) is 0 Å². The highest BCUT2D eigenvalue weighted by atomic mass is 16.3. The van der Waals surface area contributed by atoms with Gasteiger partial charge in [0.2, 0.25) is 0 Å². The lowest BCUT2D eigenvalue weighted by molar-refractivity contribution is -0.145. The number of carbonyl (C=O) groups excluding carboxylic acids is 3. The first-order chi connectivity index (χ1) is 9.89. The Morgan fingerprint density at radius 2 is 2.10 bits per heavy atom. The molecule has 2 N–H and O–H groups in total. The van der Waals surface area contributed by atoms with Gasteiger partial charge in [-0.25, -0.2) is 0 Å². The number of amides is 2. The molecule has 2 aliphatic rings. The second-order valence-electron chi connectivity index (χ2n) is 6.38. The van der Waals surface area contributed by atoms with Crippen LogP contribution in [0, 0.1) is 16.7 Å². The molecular weight excluding hydrogens is 272 g/mol. The van der Waals surface area contributed by atoms with Crippen LogP contribution in [0.3, 0.4) is 0 Å². The monoisotopic (exact) mass is 290 g/mol. The number of hydrazine groups is 1. The Labute approximate surface area is 122 Å². The van der Waals surface area contributed by atoms with Gasteiger partial charge in [0.15, 0.2) is 5.76 Å². The molecule has 2 atom stereocenters. The highest BCUT2D eigenvalue weighted by Gasteiger charge is 2.68. The summed E-state index contributed by atoms with van der Waals surface area (Å²) in [7, 11) is 0. The highest BCUT2D eigenvalue weighted by molar-refractivity contribution is 6.10. The van der Waals surface area contributed by atoms with Gasteiger partial charge in [-0.1, -0.05) is 13.8 Å². The Morgan fingerprint density at radius 3 is 2.62 bits per heavy atom. The maximum absolute atomic E-state index is 12.5. The van der Waals surface area contributed by atoms with Crippen LogP contribution in [0.2, 0.25) is 0 Å². The summed E-state index contributed by atoms with van der Waals surface area (Å²) in [6.07, 6.45) is 3.25. The van der Waals surface area contributed by atoms with Crippen molar-refractivity contribution in [1.29, 1.82) is 0 Å². The van der Waals surface area contributed by atoms with Crippen LogP contribution in [-0.2, 0) is 9.59 Å². The molecule has 0 spiro atoms. The minimum atomic E-state index is -1.02. The maximum Gasteiger partial charge on any atom is 0.305 e. The van der Waals surface area contributed by atoms with Crippen molar-refractivity contribution < 1.29 is 18.8 Å². The van der Waals surface area contributed by atoms with Gasteiger partial charge in [0.05, 0.1) is 6.26 Å². The summed E-state index contributed by atoms with van der Waals surface area (Å²) in [5.74, 6) is -0.626. The molecule has 21 heavy (non-hydrogen) atoms. The number of rotatable bonds is 2. The van der Waals surface area contributed by atoms with E-state index < -0.39 is 17.2 Å². The van der Waals surface area contributed by atoms with Crippen LogP contribution in [0.1, 0.15) is 43.7 Å². The summed E-state index contributed by atoms with van der Waals surface area (Å²) < 4.78 is 4.94. The fourth-order valence-corrected chi connectivity index (χ4v) is 3.90. The van der Waals surface area contributed by atoms with Crippen molar-refractivity contribution >= 4 is 17.6 Å². The van der Waals surface area contributed by atoms with Gasteiger partial charge in [-0.2, -0.15) is 0 Å². The van der Waals surface area contributed by atoms with E-state index in [2.05, 4.69) is 10.9 Å². The van der Waals surface area contributed by atoms with E-state index in [0.717, 1.165) is 6.42 Å². The molecule has 2 aliphatic carbocycles. The summed E-state index contributed by atoms with van der Waals surface area (Å²) >= 11 is 0. The average Bonchev–Trinajstić information content (AvgIpc) is 3.09. The second kappa shape index (κ2) is 4.44. The van der Waals surface area contributed by atoms with Gasteiger partial charge in [0, 0.05) is 6.42 Å². The first-order valence-electron chi connectivity index (χ1n) is 7.07. The third-order valence-corrected chi connectivity index (χ3v) is 5.32. The van der Waals surface area contributed by atoms with Gasteiger partial charge in [-0.15, -0.1) is 0 Å². The van der Waals surface area contributed by atoms with Gasteiger partial charge in [-0.3, -0.25) is 25.2 Å². The molecule has 2 fully saturated rings. The third-order valence-electron chi connectivity index (χ3n) is 5.32. The van der Waals surface area contributed by atoms with E-state index in [1.54, 1.807) is 6.07 Å². The van der Waals surface area contributed by atoms with E-state index in [4.69, 9.17) is 4.42 Å². The molecule has 2 unspecified atom stereocenters. The van der Waals surface area contributed by atoms with Gasteiger partial charge >= 0.3 is 5.91 Å². The molecule has 2 amide bonds. The lowest BCUT2D eigenvalue weighted by Crippen LogP contribution is -2.54. The Hall–Kier alpha value is -2.11. The number of ketones is 1. The van der Waals surface area contributed by atoms with Crippen LogP contribution in [0.15, 0.2) is 22.8 Å². The van der Waals surface area contributed by atoms with Gasteiger partial charge in [-0.05, 0) is 36.3 Å². The van der Waals surface area contributed by atoms with Gasteiger partial charge < -0.3 is 4.42 Å². The predicted octanol–water partition coefficient (Wildman–Crippen LogP) is 1.44. The summed E-state index contributed by atoms with van der Waals surface area (Å²) in [4.78, 5) is 36.6. The number of hydrogen-bond acceptors (Lipinski definition) is 4. The largest absolute Gasteiger partial charge is 0.459 e. The minimum absolute atomic E-state index is 0.0199. The summed E-state index contributed by atoms with van der Waals surface area (Å²) in [5, 5.41) is 0. The van der Waals surface area contributed by atoms with Gasteiger partial charge in [0.25, 0.3) is 5.91 Å². The molecule has 1 aromatic heterocycles. The Morgan fingerprint density at radius 1 is 1.33 bits per heavy atom. The molecule has 3 rings (SSSR count). The molecule has 0 aliphatic heterocycles. The van der Waals surface area contributed by atoms with Crippen LogP contribution in [0.5, 0.6) is 0 Å². The fourth-order valence-electron chi connectivity index (χ4n) is 3.90. The number of Topliss-reactive ketones (excluding diaryl/α,β-unsaturated/α-hetero) is 1. The number of fused-ring (bicyclic) bond motifs is 2. The third kappa shape index (κ3) is 1.74. The molecule has 6 heteroatoms. The molecule has 1 aromatic rings. The maximum atomic E-state index is 12.5. The van der Waals surface area contributed by atoms with Crippen LogP contribution in [-0.4, -0.2) is 17.6 Å². The topological polar surface area (TPSA) is 88.4 Å². The van der Waals surface area contributed by atoms with E-state index >= 15 is 0 Å². The van der Waals surface area contributed by atoms with Crippen molar-refractivity contribution in [3.8, 4) is 0 Å². The van der Waals surface area contributed by atoms with E-state index in [0.29, 0.717) is 12.8 Å². The van der Waals surface area contributed by atoms with Crippen molar-refractivity contribution in [2.45, 2.75) is 33.1 Å².